The molecule has 16 heavy (non-hydrogen) atoms. The van der Waals surface area contributed by atoms with Gasteiger partial charge in [0.2, 0.25) is 0 Å². The molecule has 0 saturated heterocycles. The Kier molecular flexibility index (Phi) is 4.62. The van der Waals surface area contributed by atoms with Gasteiger partial charge in [0.1, 0.15) is 0 Å². The van der Waals surface area contributed by atoms with Crippen LogP contribution in [-0.2, 0) is 0 Å². The number of nitrogens with one attached hydrogen (secondary N) is 1. The summed E-state index contributed by atoms with van der Waals surface area (Å²) in [7, 11) is 0. The first-order valence-electron chi connectivity index (χ1n) is 5.34. The van der Waals surface area contributed by atoms with E-state index in [2.05, 4.69) is 35.1 Å². The van der Waals surface area contributed by atoms with Crippen molar-refractivity contribution in [3.8, 4) is 0 Å². The minimum Gasteiger partial charge on any atom is -0.397 e. The SMILES string of the molecule is CC(C)(CCO)CNc1cc(Br)ccc1N. The van der Waals surface area contributed by atoms with E-state index < -0.39 is 0 Å². The fourth-order valence-corrected chi connectivity index (χ4v) is 1.77. The predicted octanol–water partition coefficient (Wildman–Crippen LogP) is 2.85. The number of nitrogens with two attached hydrogens (primary N) is 1. The maximum absolute atomic E-state index is 8.94. The van der Waals surface area contributed by atoms with Gasteiger partial charge in [-0.3, -0.25) is 0 Å². The summed E-state index contributed by atoms with van der Waals surface area (Å²) >= 11 is 3.41. The van der Waals surface area contributed by atoms with Gasteiger partial charge in [0.15, 0.2) is 0 Å². The fourth-order valence-electron chi connectivity index (χ4n) is 1.41. The number of aliphatic hydroxyl groups is 1. The Bertz CT molecular complexity index is 353. The van der Waals surface area contributed by atoms with E-state index >= 15 is 0 Å². The molecule has 0 aliphatic carbocycles. The van der Waals surface area contributed by atoms with Crippen molar-refractivity contribution in [2.75, 3.05) is 24.2 Å². The summed E-state index contributed by atoms with van der Waals surface area (Å²) in [4.78, 5) is 0. The van der Waals surface area contributed by atoms with Crippen molar-refractivity contribution in [1.82, 2.24) is 0 Å². The highest BCUT2D eigenvalue weighted by Gasteiger charge is 2.17. The lowest BCUT2D eigenvalue weighted by Gasteiger charge is -2.25. The van der Waals surface area contributed by atoms with E-state index in [1.54, 1.807) is 0 Å². The molecule has 1 aromatic rings. The number of benzene rings is 1. The molecule has 0 radical (unpaired) electrons. The molecule has 0 atom stereocenters. The van der Waals surface area contributed by atoms with Crippen LogP contribution in [0.4, 0.5) is 11.4 Å². The second kappa shape index (κ2) is 5.55. The van der Waals surface area contributed by atoms with E-state index in [4.69, 9.17) is 10.8 Å². The van der Waals surface area contributed by atoms with Gasteiger partial charge in [-0.05, 0) is 30.0 Å². The lowest BCUT2D eigenvalue weighted by Crippen LogP contribution is -2.24. The molecule has 0 unspecified atom stereocenters. The molecule has 0 heterocycles. The zero-order valence-electron chi connectivity index (χ0n) is 9.76. The summed E-state index contributed by atoms with van der Waals surface area (Å²) in [6, 6.07) is 5.75. The van der Waals surface area contributed by atoms with Gasteiger partial charge in [-0.15, -0.1) is 0 Å². The van der Waals surface area contributed by atoms with Crippen molar-refractivity contribution < 1.29 is 5.11 Å². The van der Waals surface area contributed by atoms with E-state index in [0.717, 1.165) is 28.8 Å². The second-order valence-corrected chi connectivity index (χ2v) is 5.64. The molecular weight excluding hydrogens is 268 g/mol. The van der Waals surface area contributed by atoms with Crippen molar-refractivity contribution in [3.63, 3.8) is 0 Å². The lowest BCUT2D eigenvalue weighted by molar-refractivity contribution is 0.220. The van der Waals surface area contributed by atoms with Crippen LogP contribution < -0.4 is 11.1 Å². The zero-order valence-corrected chi connectivity index (χ0v) is 11.3. The molecule has 0 aliphatic rings. The molecule has 0 fully saturated rings. The van der Waals surface area contributed by atoms with Crippen molar-refractivity contribution >= 4 is 27.3 Å². The van der Waals surface area contributed by atoms with E-state index in [-0.39, 0.29) is 12.0 Å². The quantitative estimate of drug-likeness (QED) is 0.730. The van der Waals surface area contributed by atoms with Gasteiger partial charge in [0, 0.05) is 17.6 Å². The Morgan fingerprint density at radius 1 is 1.44 bits per heavy atom. The third kappa shape index (κ3) is 4.02. The monoisotopic (exact) mass is 286 g/mol. The van der Waals surface area contributed by atoms with Gasteiger partial charge in [-0.25, -0.2) is 0 Å². The van der Waals surface area contributed by atoms with Crippen LogP contribution in [0, 0.1) is 5.41 Å². The number of aliphatic hydroxyl groups excluding tert-OH is 1. The molecule has 0 aromatic heterocycles. The van der Waals surface area contributed by atoms with Crippen molar-refractivity contribution in [2.24, 2.45) is 5.41 Å². The van der Waals surface area contributed by atoms with Crippen LogP contribution in [0.25, 0.3) is 0 Å². The molecule has 0 amide bonds. The number of nitrogen functional groups attached to an aromatic ring is 1. The number of hydrogen-bond acceptors (Lipinski definition) is 3. The standard InChI is InChI=1S/C12H19BrN2O/c1-12(2,5-6-16)8-15-11-7-9(13)3-4-10(11)14/h3-4,7,15-16H,5-6,8,14H2,1-2H3. The van der Waals surface area contributed by atoms with Crippen molar-refractivity contribution in [3.05, 3.63) is 22.7 Å². The number of hydrogen-bond donors (Lipinski definition) is 3. The van der Waals surface area contributed by atoms with Gasteiger partial charge in [-0.2, -0.15) is 0 Å². The third-order valence-corrected chi connectivity index (χ3v) is 3.05. The number of rotatable bonds is 5. The van der Waals surface area contributed by atoms with Crippen LogP contribution >= 0.6 is 15.9 Å². The van der Waals surface area contributed by atoms with E-state index in [1.807, 2.05) is 18.2 Å². The Labute approximate surface area is 105 Å². The Morgan fingerprint density at radius 3 is 2.75 bits per heavy atom. The minimum absolute atomic E-state index is 0.0590. The minimum atomic E-state index is 0.0590. The summed E-state index contributed by atoms with van der Waals surface area (Å²) in [5, 5.41) is 12.3. The Balaban J connectivity index is 2.63. The van der Waals surface area contributed by atoms with Gasteiger partial charge in [0.25, 0.3) is 0 Å². The van der Waals surface area contributed by atoms with Crippen molar-refractivity contribution in [2.45, 2.75) is 20.3 Å². The first-order chi connectivity index (χ1) is 7.44. The maximum Gasteiger partial charge on any atom is 0.0585 e. The molecule has 1 aromatic carbocycles. The first kappa shape index (κ1) is 13.3. The van der Waals surface area contributed by atoms with Crippen LogP contribution in [0.1, 0.15) is 20.3 Å². The highest BCUT2D eigenvalue weighted by molar-refractivity contribution is 9.10. The lowest BCUT2D eigenvalue weighted by atomic mass is 9.89. The van der Waals surface area contributed by atoms with Crippen LogP contribution in [0.5, 0.6) is 0 Å². The molecule has 0 aliphatic heterocycles. The Morgan fingerprint density at radius 2 is 2.12 bits per heavy atom. The fraction of sp³-hybridized carbons (Fsp3) is 0.500. The maximum atomic E-state index is 8.94. The molecule has 0 bridgehead atoms. The molecule has 90 valence electrons. The van der Waals surface area contributed by atoms with Gasteiger partial charge in [0.05, 0.1) is 11.4 Å². The van der Waals surface area contributed by atoms with E-state index in [9.17, 15) is 0 Å². The zero-order chi connectivity index (χ0) is 12.2. The largest absolute Gasteiger partial charge is 0.397 e. The second-order valence-electron chi connectivity index (χ2n) is 4.72. The summed E-state index contributed by atoms with van der Waals surface area (Å²) in [5.41, 5.74) is 7.59. The smallest absolute Gasteiger partial charge is 0.0585 e. The molecule has 1 rings (SSSR count). The molecule has 3 nitrogen and oxygen atoms in total. The van der Waals surface area contributed by atoms with E-state index in [1.165, 1.54) is 0 Å². The number of anilines is 2. The molecule has 4 heteroatoms. The van der Waals surface area contributed by atoms with Crippen molar-refractivity contribution in [1.29, 1.82) is 0 Å². The van der Waals surface area contributed by atoms with E-state index in [0.29, 0.717) is 0 Å². The summed E-state index contributed by atoms with van der Waals surface area (Å²) in [5.74, 6) is 0. The first-order valence-corrected chi connectivity index (χ1v) is 6.14. The molecular formula is C12H19BrN2O. The van der Waals surface area contributed by atoms with Crippen LogP contribution in [-0.4, -0.2) is 18.3 Å². The summed E-state index contributed by atoms with van der Waals surface area (Å²) in [6.07, 6.45) is 0.772. The predicted molar refractivity (Wildman–Crippen MR) is 72.5 cm³/mol. The highest BCUT2D eigenvalue weighted by atomic mass is 79.9. The van der Waals surface area contributed by atoms with Crippen LogP contribution in [0.15, 0.2) is 22.7 Å². The average Bonchev–Trinajstić information content (AvgIpc) is 2.19. The highest BCUT2D eigenvalue weighted by Crippen LogP contribution is 2.26. The Hall–Kier alpha value is -0.740. The van der Waals surface area contributed by atoms with Crippen LogP contribution in [0.3, 0.4) is 0 Å². The third-order valence-electron chi connectivity index (χ3n) is 2.56. The molecule has 0 spiro atoms. The summed E-state index contributed by atoms with van der Waals surface area (Å²) in [6.45, 7) is 5.23. The topological polar surface area (TPSA) is 58.3 Å². The number of halogens is 1. The van der Waals surface area contributed by atoms with Gasteiger partial charge < -0.3 is 16.2 Å². The normalized spacial score (nSPS) is 11.5. The van der Waals surface area contributed by atoms with Crippen LogP contribution in [0.2, 0.25) is 0 Å². The van der Waals surface area contributed by atoms with Gasteiger partial charge in [-0.1, -0.05) is 29.8 Å². The average molecular weight is 287 g/mol. The van der Waals surface area contributed by atoms with Gasteiger partial charge >= 0.3 is 0 Å². The molecule has 4 N–H and O–H groups in total. The summed E-state index contributed by atoms with van der Waals surface area (Å²) < 4.78 is 1.00. The molecule has 0 saturated carbocycles.